The first-order valence-corrected chi connectivity index (χ1v) is 6.06. The number of nitrogens with one attached hydrogen (secondary N) is 1. The van der Waals surface area contributed by atoms with Gasteiger partial charge in [0.15, 0.2) is 0 Å². The van der Waals surface area contributed by atoms with Crippen molar-refractivity contribution in [2.75, 3.05) is 18.9 Å². The fraction of sp³-hybridized carbons (Fsp3) is 0.538. The smallest absolute Gasteiger partial charge is 0.255 e. The Morgan fingerprint density at radius 3 is 2.71 bits per heavy atom. The normalized spacial score (nSPS) is 23.8. The third kappa shape index (κ3) is 2.40. The fourth-order valence-electron chi connectivity index (χ4n) is 2.42. The van der Waals surface area contributed by atoms with Crippen molar-refractivity contribution >= 4 is 11.7 Å². The van der Waals surface area contributed by atoms with E-state index in [9.17, 15) is 4.79 Å². The minimum atomic E-state index is 0.0944. The Morgan fingerprint density at radius 2 is 2.24 bits per heavy atom. The Balaban J connectivity index is 2.13. The van der Waals surface area contributed by atoms with E-state index in [-0.39, 0.29) is 5.91 Å². The van der Waals surface area contributed by atoms with Crippen LogP contribution in [0, 0.1) is 5.92 Å². The Labute approximate surface area is 102 Å². The molecule has 2 rings (SSSR count). The lowest BCUT2D eigenvalue weighted by molar-refractivity contribution is 0.0743. The second-order valence-electron chi connectivity index (χ2n) is 4.83. The van der Waals surface area contributed by atoms with Gasteiger partial charge in [0.1, 0.15) is 5.82 Å². The van der Waals surface area contributed by atoms with Crippen LogP contribution in [-0.2, 0) is 0 Å². The molecule has 1 aliphatic heterocycles. The minimum absolute atomic E-state index is 0.0944. The first kappa shape index (κ1) is 11.9. The van der Waals surface area contributed by atoms with Crippen LogP contribution >= 0.6 is 0 Å². The number of likely N-dealkylation sites (tertiary alicyclic amines) is 1. The third-order valence-corrected chi connectivity index (χ3v) is 3.31. The molecule has 1 aromatic heterocycles. The van der Waals surface area contributed by atoms with E-state index in [4.69, 9.17) is 0 Å². The molecule has 0 spiro atoms. The van der Waals surface area contributed by atoms with Crippen LogP contribution in [-0.4, -0.2) is 35.4 Å². The first-order chi connectivity index (χ1) is 8.11. The van der Waals surface area contributed by atoms with Gasteiger partial charge in [0.2, 0.25) is 0 Å². The van der Waals surface area contributed by atoms with Crippen molar-refractivity contribution in [3.05, 3.63) is 23.9 Å². The monoisotopic (exact) mass is 233 g/mol. The largest absolute Gasteiger partial charge is 0.373 e. The third-order valence-electron chi connectivity index (χ3n) is 3.31. The van der Waals surface area contributed by atoms with Crippen molar-refractivity contribution in [3.63, 3.8) is 0 Å². The molecule has 0 radical (unpaired) electrons. The zero-order valence-electron chi connectivity index (χ0n) is 10.6. The van der Waals surface area contributed by atoms with Crippen molar-refractivity contribution in [3.8, 4) is 0 Å². The number of carbonyl (C=O) groups excluding carboxylic acids is 1. The minimum Gasteiger partial charge on any atom is -0.373 e. The summed E-state index contributed by atoms with van der Waals surface area (Å²) in [6, 6.07) is 4.00. The van der Waals surface area contributed by atoms with Crippen molar-refractivity contribution in [2.24, 2.45) is 5.92 Å². The SMILES string of the molecule is CNc1ccc(C(=O)N2CC(C)CC2C)cn1. The summed E-state index contributed by atoms with van der Waals surface area (Å²) in [5.41, 5.74) is 0.671. The molecule has 0 bridgehead atoms. The maximum absolute atomic E-state index is 12.3. The number of carbonyl (C=O) groups is 1. The van der Waals surface area contributed by atoms with Gasteiger partial charge >= 0.3 is 0 Å². The van der Waals surface area contributed by atoms with Crippen molar-refractivity contribution < 1.29 is 4.79 Å². The number of hydrogen-bond acceptors (Lipinski definition) is 3. The van der Waals surface area contributed by atoms with E-state index in [1.54, 1.807) is 6.20 Å². The van der Waals surface area contributed by atoms with Gasteiger partial charge in [-0.1, -0.05) is 6.92 Å². The van der Waals surface area contributed by atoms with E-state index in [0.717, 1.165) is 18.8 Å². The van der Waals surface area contributed by atoms with E-state index >= 15 is 0 Å². The van der Waals surface area contributed by atoms with Gasteiger partial charge in [-0.2, -0.15) is 0 Å². The van der Waals surface area contributed by atoms with Gasteiger partial charge in [-0.3, -0.25) is 4.79 Å². The van der Waals surface area contributed by atoms with Crippen LogP contribution < -0.4 is 5.32 Å². The first-order valence-electron chi connectivity index (χ1n) is 6.06. The molecule has 0 aromatic carbocycles. The molecule has 1 N–H and O–H groups in total. The topological polar surface area (TPSA) is 45.2 Å². The van der Waals surface area contributed by atoms with Gasteiger partial charge in [0.05, 0.1) is 5.56 Å². The van der Waals surface area contributed by atoms with Crippen LogP contribution in [0.1, 0.15) is 30.6 Å². The molecule has 1 amide bonds. The van der Waals surface area contributed by atoms with Gasteiger partial charge < -0.3 is 10.2 Å². The Morgan fingerprint density at radius 1 is 1.47 bits per heavy atom. The second-order valence-corrected chi connectivity index (χ2v) is 4.83. The molecule has 4 nitrogen and oxygen atoms in total. The number of pyridine rings is 1. The summed E-state index contributed by atoms with van der Waals surface area (Å²) in [5, 5.41) is 2.94. The molecule has 92 valence electrons. The highest BCUT2D eigenvalue weighted by atomic mass is 16.2. The maximum atomic E-state index is 12.3. The summed E-state index contributed by atoms with van der Waals surface area (Å²) in [4.78, 5) is 18.4. The summed E-state index contributed by atoms with van der Waals surface area (Å²) >= 11 is 0. The number of aromatic nitrogens is 1. The Kier molecular flexibility index (Phi) is 3.31. The summed E-state index contributed by atoms with van der Waals surface area (Å²) in [7, 11) is 1.81. The van der Waals surface area contributed by atoms with Crippen LogP contribution in [0.3, 0.4) is 0 Å². The van der Waals surface area contributed by atoms with Gasteiger partial charge in [-0.25, -0.2) is 4.98 Å². The predicted octanol–water partition coefficient (Wildman–Crippen LogP) is 1.99. The number of anilines is 1. The average molecular weight is 233 g/mol. The Bertz CT molecular complexity index is 402. The zero-order chi connectivity index (χ0) is 12.4. The quantitative estimate of drug-likeness (QED) is 0.849. The molecular weight excluding hydrogens is 214 g/mol. The summed E-state index contributed by atoms with van der Waals surface area (Å²) < 4.78 is 0. The molecule has 1 saturated heterocycles. The Hall–Kier alpha value is -1.58. The lowest BCUT2D eigenvalue weighted by atomic mass is 10.1. The van der Waals surface area contributed by atoms with Crippen LogP contribution in [0.4, 0.5) is 5.82 Å². The standard InChI is InChI=1S/C13H19N3O/c1-9-6-10(2)16(8-9)13(17)11-4-5-12(14-3)15-7-11/h4-5,7,9-10H,6,8H2,1-3H3,(H,14,15). The van der Waals surface area contributed by atoms with Crippen molar-refractivity contribution in [1.82, 2.24) is 9.88 Å². The highest BCUT2D eigenvalue weighted by Crippen LogP contribution is 2.24. The highest BCUT2D eigenvalue weighted by Gasteiger charge is 2.30. The predicted molar refractivity (Wildman–Crippen MR) is 68.1 cm³/mol. The molecular formula is C13H19N3O. The van der Waals surface area contributed by atoms with E-state index in [2.05, 4.69) is 24.1 Å². The lowest BCUT2D eigenvalue weighted by Gasteiger charge is -2.21. The van der Waals surface area contributed by atoms with Gasteiger partial charge in [0.25, 0.3) is 5.91 Å². The van der Waals surface area contributed by atoms with Crippen LogP contribution in [0.25, 0.3) is 0 Å². The summed E-state index contributed by atoms with van der Waals surface area (Å²) in [6.45, 7) is 5.15. The van der Waals surface area contributed by atoms with E-state index in [1.165, 1.54) is 0 Å². The zero-order valence-corrected chi connectivity index (χ0v) is 10.6. The van der Waals surface area contributed by atoms with Crippen molar-refractivity contribution in [1.29, 1.82) is 0 Å². The van der Waals surface area contributed by atoms with Crippen molar-refractivity contribution in [2.45, 2.75) is 26.3 Å². The van der Waals surface area contributed by atoms with Crippen LogP contribution in [0.15, 0.2) is 18.3 Å². The molecule has 2 unspecified atom stereocenters. The molecule has 1 aliphatic rings. The summed E-state index contributed by atoms with van der Waals surface area (Å²) in [6.07, 6.45) is 2.73. The molecule has 2 atom stereocenters. The lowest BCUT2D eigenvalue weighted by Crippen LogP contribution is -2.34. The molecule has 2 heterocycles. The van der Waals surface area contributed by atoms with Gasteiger partial charge in [-0.05, 0) is 31.4 Å². The van der Waals surface area contributed by atoms with Crippen LogP contribution in [0.5, 0.6) is 0 Å². The molecule has 4 heteroatoms. The number of nitrogens with zero attached hydrogens (tertiary/aromatic N) is 2. The van der Waals surface area contributed by atoms with E-state index < -0.39 is 0 Å². The number of amides is 1. The van der Waals surface area contributed by atoms with E-state index in [0.29, 0.717) is 17.5 Å². The second kappa shape index (κ2) is 4.73. The highest BCUT2D eigenvalue weighted by molar-refractivity contribution is 5.94. The maximum Gasteiger partial charge on any atom is 0.255 e. The molecule has 17 heavy (non-hydrogen) atoms. The van der Waals surface area contributed by atoms with Crippen LogP contribution in [0.2, 0.25) is 0 Å². The van der Waals surface area contributed by atoms with E-state index in [1.807, 2.05) is 24.1 Å². The van der Waals surface area contributed by atoms with Gasteiger partial charge in [0, 0.05) is 25.8 Å². The molecule has 1 fully saturated rings. The average Bonchev–Trinajstić information content (AvgIpc) is 2.68. The number of rotatable bonds is 2. The summed E-state index contributed by atoms with van der Waals surface area (Å²) in [5.74, 6) is 1.47. The van der Waals surface area contributed by atoms with Gasteiger partial charge in [-0.15, -0.1) is 0 Å². The molecule has 0 saturated carbocycles. The molecule has 0 aliphatic carbocycles. The molecule has 1 aromatic rings. The fourth-order valence-corrected chi connectivity index (χ4v) is 2.42. The number of hydrogen-bond donors (Lipinski definition) is 1.